The van der Waals surface area contributed by atoms with Crippen molar-refractivity contribution in [2.24, 2.45) is 0 Å². The Morgan fingerprint density at radius 2 is 1.56 bits per heavy atom. The maximum Gasteiger partial charge on any atom is 0.435 e. The van der Waals surface area contributed by atoms with Gasteiger partial charge in [0.1, 0.15) is 6.07 Å². The number of hydrogen-bond donors (Lipinski definition) is 1. The molecule has 3 aromatic carbocycles. The summed E-state index contributed by atoms with van der Waals surface area (Å²) in [6.07, 6.45) is -13.0. The number of amides is 1. The SMILES string of the molecule is CCc1c(C(F)(C(F)(F)F)C(F)(F)F)ccc(C)c1NC(=O)c1ccc2ccccc2c1C#N. The molecule has 1 amide bonds. The highest BCUT2D eigenvalue weighted by atomic mass is 19.4. The summed E-state index contributed by atoms with van der Waals surface area (Å²) in [4.78, 5) is 13.0. The third-order valence-electron chi connectivity index (χ3n) is 5.55. The van der Waals surface area contributed by atoms with Gasteiger partial charge in [0.2, 0.25) is 0 Å². The normalized spacial score (nSPS) is 12.5. The van der Waals surface area contributed by atoms with Gasteiger partial charge in [-0.15, -0.1) is 0 Å². The molecular weight excluding hydrogens is 465 g/mol. The largest absolute Gasteiger partial charge is 0.435 e. The Balaban J connectivity index is 2.19. The van der Waals surface area contributed by atoms with E-state index in [4.69, 9.17) is 0 Å². The van der Waals surface area contributed by atoms with Crippen LogP contribution >= 0.6 is 0 Å². The van der Waals surface area contributed by atoms with Gasteiger partial charge in [-0.1, -0.05) is 49.4 Å². The number of nitriles is 1. The van der Waals surface area contributed by atoms with Crippen LogP contribution in [0.5, 0.6) is 0 Å². The Bertz CT molecular complexity index is 1290. The van der Waals surface area contributed by atoms with E-state index >= 15 is 0 Å². The van der Waals surface area contributed by atoms with E-state index in [9.17, 15) is 40.8 Å². The molecule has 3 rings (SSSR count). The molecule has 0 heterocycles. The number of aryl methyl sites for hydroxylation is 1. The lowest BCUT2D eigenvalue weighted by atomic mass is 9.86. The van der Waals surface area contributed by atoms with Crippen molar-refractivity contribution in [3.8, 4) is 6.07 Å². The van der Waals surface area contributed by atoms with Gasteiger partial charge in [-0.05, 0) is 35.9 Å². The standard InChI is InChI=1S/C24H17F7N2O/c1-3-15-19(22(25,23(26,27)28)24(29,30)31)11-8-13(2)20(15)33-21(34)17-10-9-14-6-4-5-7-16(14)18(17)12-32/h4-11H,3H2,1-2H3,(H,33,34). The third-order valence-corrected chi connectivity index (χ3v) is 5.55. The molecule has 1 N–H and O–H groups in total. The van der Waals surface area contributed by atoms with Gasteiger partial charge in [-0.25, -0.2) is 4.39 Å². The van der Waals surface area contributed by atoms with E-state index in [-0.39, 0.29) is 22.4 Å². The first-order chi connectivity index (χ1) is 15.8. The highest BCUT2D eigenvalue weighted by Crippen LogP contribution is 2.55. The third kappa shape index (κ3) is 3.95. The fraction of sp³-hybridized carbons (Fsp3) is 0.250. The molecule has 0 atom stereocenters. The minimum Gasteiger partial charge on any atom is -0.321 e. The average Bonchev–Trinajstić information content (AvgIpc) is 2.77. The van der Waals surface area contributed by atoms with Gasteiger partial charge < -0.3 is 5.32 Å². The van der Waals surface area contributed by atoms with Crippen LogP contribution in [-0.4, -0.2) is 18.3 Å². The average molecular weight is 482 g/mol. The molecule has 10 heteroatoms. The number of anilines is 1. The molecule has 0 aliphatic carbocycles. The van der Waals surface area contributed by atoms with E-state index in [0.29, 0.717) is 16.8 Å². The number of carbonyl (C=O) groups is 1. The second-order valence-corrected chi connectivity index (χ2v) is 7.57. The van der Waals surface area contributed by atoms with E-state index in [1.165, 1.54) is 19.9 Å². The zero-order chi connectivity index (χ0) is 25.5. The van der Waals surface area contributed by atoms with Crippen LogP contribution in [0.25, 0.3) is 10.8 Å². The van der Waals surface area contributed by atoms with Crippen LogP contribution in [0.15, 0.2) is 48.5 Å². The van der Waals surface area contributed by atoms with Crippen molar-refractivity contribution < 1.29 is 35.5 Å². The number of nitrogens with one attached hydrogen (secondary N) is 1. The lowest BCUT2D eigenvalue weighted by Crippen LogP contribution is -2.51. The fourth-order valence-corrected chi connectivity index (χ4v) is 3.86. The molecule has 0 bridgehead atoms. The number of alkyl halides is 7. The Morgan fingerprint density at radius 3 is 2.12 bits per heavy atom. The Morgan fingerprint density at radius 1 is 0.941 bits per heavy atom. The summed E-state index contributed by atoms with van der Waals surface area (Å²) in [6.45, 7) is 2.60. The molecule has 0 unspecified atom stereocenters. The van der Waals surface area contributed by atoms with E-state index in [1.54, 1.807) is 30.3 Å². The van der Waals surface area contributed by atoms with E-state index in [0.717, 1.165) is 6.07 Å². The zero-order valence-electron chi connectivity index (χ0n) is 17.8. The van der Waals surface area contributed by atoms with E-state index < -0.39 is 41.5 Å². The van der Waals surface area contributed by atoms with Gasteiger partial charge in [0.15, 0.2) is 0 Å². The Labute approximate surface area is 189 Å². The van der Waals surface area contributed by atoms with Crippen molar-refractivity contribution in [3.63, 3.8) is 0 Å². The molecule has 0 aromatic heterocycles. The second kappa shape index (κ2) is 8.63. The van der Waals surface area contributed by atoms with Crippen LogP contribution in [0.1, 0.15) is 39.5 Å². The van der Waals surface area contributed by atoms with Crippen LogP contribution in [0.4, 0.5) is 36.4 Å². The Hall–Kier alpha value is -3.61. The number of rotatable bonds is 4. The lowest BCUT2D eigenvalue weighted by Gasteiger charge is -2.32. The van der Waals surface area contributed by atoms with Crippen molar-refractivity contribution >= 4 is 22.4 Å². The summed E-state index contributed by atoms with van der Waals surface area (Å²) in [7, 11) is 0. The molecule has 0 fully saturated rings. The maximum absolute atomic E-state index is 14.8. The van der Waals surface area contributed by atoms with Crippen LogP contribution in [-0.2, 0) is 12.1 Å². The van der Waals surface area contributed by atoms with E-state index in [2.05, 4.69) is 5.32 Å². The molecule has 0 saturated heterocycles. The summed E-state index contributed by atoms with van der Waals surface area (Å²) >= 11 is 0. The van der Waals surface area contributed by atoms with Crippen LogP contribution < -0.4 is 5.32 Å². The molecule has 3 nitrogen and oxygen atoms in total. The van der Waals surface area contributed by atoms with Gasteiger partial charge in [0, 0.05) is 16.6 Å². The van der Waals surface area contributed by atoms with Gasteiger partial charge >= 0.3 is 18.0 Å². The first-order valence-electron chi connectivity index (χ1n) is 9.96. The number of hydrogen-bond acceptors (Lipinski definition) is 2. The molecule has 0 saturated carbocycles. The molecule has 0 spiro atoms. The predicted octanol–water partition coefficient (Wildman–Crippen LogP) is 7.12. The predicted molar refractivity (Wildman–Crippen MR) is 112 cm³/mol. The van der Waals surface area contributed by atoms with Crippen molar-refractivity contribution in [1.82, 2.24) is 0 Å². The smallest absolute Gasteiger partial charge is 0.321 e. The molecule has 0 aliphatic heterocycles. The fourth-order valence-electron chi connectivity index (χ4n) is 3.86. The summed E-state index contributed by atoms with van der Waals surface area (Å²) in [6, 6.07) is 12.7. The zero-order valence-corrected chi connectivity index (χ0v) is 17.8. The quantitative estimate of drug-likeness (QED) is 0.403. The summed E-state index contributed by atoms with van der Waals surface area (Å²) in [5.74, 6) is -0.930. The van der Waals surface area contributed by atoms with Gasteiger partial charge in [-0.2, -0.15) is 31.6 Å². The van der Waals surface area contributed by atoms with Crippen molar-refractivity contribution in [3.05, 3.63) is 76.3 Å². The number of nitrogens with zero attached hydrogens (tertiary/aromatic N) is 1. The highest BCUT2D eigenvalue weighted by molar-refractivity contribution is 6.10. The first kappa shape index (κ1) is 25.0. The van der Waals surface area contributed by atoms with E-state index in [1.807, 2.05) is 6.07 Å². The molecule has 3 aromatic rings. The van der Waals surface area contributed by atoms with Crippen molar-refractivity contribution in [2.75, 3.05) is 5.32 Å². The molecular formula is C24H17F7N2O. The second-order valence-electron chi connectivity index (χ2n) is 7.57. The molecule has 178 valence electrons. The molecule has 34 heavy (non-hydrogen) atoms. The van der Waals surface area contributed by atoms with Gasteiger partial charge in [-0.3, -0.25) is 4.79 Å². The van der Waals surface area contributed by atoms with Crippen molar-refractivity contribution in [2.45, 2.75) is 38.3 Å². The number of halogens is 7. The summed E-state index contributed by atoms with van der Waals surface area (Å²) in [5.41, 5.74) is -8.34. The maximum atomic E-state index is 14.8. The number of carbonyl (C=O) groups excluding carboxylic acids is 1. The lowest BCUT2D eigenvalue weighted by molar-refractivity contribution is -0.348. The Kier molecular flexibility index (Phi) is 6.35. The van der Waals surface area contributed by atoms with Gasteiger partial charge in [0.25, 0.3) is 5.91 Å². The highest BCUT2D eigenvalue weighted by Gasteiger charge is 2.74. The topological polar surface area (TPSA) is 52.9 Å². The number of fused-ring (bicyclic) bond motifs is 1. The number of benzene rings is 3. The molecule has 0 aliphatic rings. The summed E-state index contributed by atoms with van der Waals surface area (Å²) < 4.78 is 95.2. The van der Waals surface area contributed by atoms with Crippen molar-refractivity contribution in [1.29, 1.82) is 5.26 Å². The van der Waals surface area contributed by atoms with Crippen LogP contribution in [0.3, 0.4) is 0 Å². The summed E-state index contributed by atoms with van der Waals surface area (Å²) in [5, 5.41) is 13.0. The minimum absolute atomic E-state index is 0.0205. The monoisotopic (exact) mass is 482 g/mol. The minimum atomic E-state index is -6.29. The van der Waals surface area contributed by atoms with Crippen LogP contribution in [0, 0.1) is 18.3 Å². The molecule has 0 radical (unpaired) electrons. The van der Waals surface area contributed by atoms with Gasteiger partial charge in [0.05, 0.1) is 11.1 Å². The van der Waals surface area contributed by atoms with Crippen LogP contribution in [0.2, 0.25) is 0 Å². The first-order valence-corrected chi connectivity index (χ1v) is 9.96.